The van der Waals surface area contributed by atoms with E-state index in [0.717, 1.165) is 23.4 Å². The Labute approximate surface area is 164 Å². The Balaban J connectivity index is 1.79. The van der Waals surface area contributed by atoms with Crippen LogP contribution in [-0.4, -0.2) is 34.7 Å². The molecular formula is C22H24N4O2. The van der Waals surface area contributed by atoms with Crippen LogP contribution in [0.15, 0.2) is 65.5 Å². The highest BCUT2D eigenvalue weighted by molar-refractivity contribution is 5.92. The van der Waals surface area contributed by atoms with E-state index in [1.807, 2.05) is 68.7 Å². The van der Waals surface area contributed by atoms with Gasteiger partial charge in [-0.15, -0.1) is 0 Å². The largest absolute Gasteiger partial charge is 0.346 e. The Hall–Kier alpha value is -3.25. The maximum absolute atomic E-state index is 12.6. The second kappa shape index (κ2) is 8.63. The van der Waals surface area contributed by atoms with Gasteiger partial charge in [0.05, 0.1) is 5.69 Å². The van der Waals surface area contributed by atoms with Gasteiger partial charge in [0, 0.05) is 24.8 Å². The molecule has 144 valence electrons. The van der Waals surface area contributed by atoms with Crippen LogP contribution in [0.25, 0.3) is 5.69 Å². The lowest BCUT2D eigenvalue weighted by Crippen LogP contribution is -2.31. The molecule has 1 heterocycles. The second-order valence-corrected chi connectivity index (χ2v) is 6.99. The van der Waals surface area contributed by atoms with Crippen LogP contribution in [0.1, 0.15) is 27.3 Å². The minimum absolute atomic E-state index is 0.112. The summed E-state index contributed by atoms with van der Waals surface area (Å²) in [6.07, 6.45) is 0. The number of benzene rings is 2. The van der Waals surface area contributed by atoms with Gasteiger partial charge in [-0.1, -0.05) is 42.5 Å². The molecule has 0 radical (unpaired) electrons. The smallest absolute Gasteiger partial charge is 0.276 e. The molecule has 3 rings (SSSR count). The fraction of sp³-hybridized carbons (Fsp3) is 0.227. The molecule has 0 unspecified atom stereocenters. The van der Waals surface area contributed by atoms with Crippen molar-refractivity contribution in [1.29, 1.82) is 0 Å². The molecule has 28 heavy (non-hydrogen) atoms. The maximum Gasteiger partial charge on any atom is 0.276 e. The third-order valence-electron chi connectivity index (χ3n) is 4.27. The van der Waals surface area contributed by atoms with E-state index in [1.165, 1.54) is 6.07 Å². The minimum Gasteiger partial charge on any atom is -0.346 e. The van der Waals surface area contributed by atoms with Gasteiger partial charge in [0.2, 0.25) is 5.43 Å². The summed E-state index contributed by atoms with van der Waals surface area (Å²) < 4.78 is 1.61. The first-order chi connectivity index (χ1) is 13.4. The highest BCUT2D eigenvalue weighted by Gasteiger charge is 2.15. The number of rotatable bonds is 6. The summed E-state index contributed by atoms with van der Waals surface area (Å²) >= 11 is 0. The Morgan fingerprint density at radius 3 is 2.46 bits per heavy atom. The summed E-state index contributed by atoms with van der Waals surface area (Å²) in [4.78, 5) is 27.0. The van der Waals surface area contributed by atoms with E-state index in [0.29, 0.717) is 12.2 Å². The van der Waals surface area contributed by atoms with Crippen LogP contribution in [0.4, 0.5) is 0 Å². The number of nitrogens with one attached hydrogen (secondary N) is 1. The molecule has 0 aliphatic carbocycles. The van der Waals surface area contributed by atoms with Crippen molar-refractivity contribution in [3.8, 4) is 5.69 Å². The SMILES string of the molecule is Cc1cc(=O)c(C(=O)NCc2cccc(CN(C)C)c2)nn1-c1ccccc1. The van der Waals surface area contributed by atoms with Crippen molar-refractivity contribution in [1.82, 2.24) is 20.0 Å². The van der Waals surface area contributed by atoms with Crippen molar-refractivity contribution in [2.45, 2.75) is 20.0 Å². The van der Waals surface area contributed by atoms with E-state index in [-0.39, 0.29) is 11.1 Å². The highest BCUT2D eigenvalue weighted by atomic mass is 16.2. The van der Waals surface area contributed by atoms with E-state index in [2.05, 4.69) is 15.3 Å². The quantitative estimate of drug-likeness (QED) is 0.718. The molecule has 0 fully saturated rings. The number of amides is 1. The first-order valence-electron chi connectivity index (χ1n) is 9.11. The predicted octanol–water partition coefficient (Wildman–Crippen LogP) is 2.53. The zero-order valence-electron chi connectivity index (χ0n) is 16.3. The van der Waals surface area contributed by atoms with E-state index in [4.69, 9.17) is 0 Å². The molecule has 0 saturated heterocycles. The van der Waals surface area contributed by atoms with E-state index in [1.54, 1.807) is 11.6 Å². The van der Waals surface area contributed by atoms with Gasteiger partial charge < -0.3 is 10.2 Å². The number of nitrogens with zero attached hydrogens (tertiary/aromatic N) is 3. The number of carbonyl (C=O) groups excluding carboxylic acids is 1. The van der Waals surface area contributed by atoms with Gasteiger partial charge >= 0.3 is 0 Å². The van der Waals surface area contributed by atoms with Gasteiger partial charge in [-0.2, -0.15) is 5.10 Å². The fourth-order valence-electron chi connectivity index (χ4n) is 3.00. The lowest BCUT2D eigenvalue weighted by molar-refractivity contribution is 0.0943. The number of para-hydroxylation sites is 1. The third kappa shape index (κ3) is 4.72. The van der Waals surface area contributed by atoms with E-state index >= 15 is 0 Å². The molecule has 6 heteroatoms. The molecule has 1 N–H and O–H groups in total. The highest BCUT2D eigenvalue weighted by Crippen LogP contribution is 2.09. The van der Waals surface area contributed by atoms with Gasteiger partial charge in [0.25, 0.3) is 5.91 Å². The Morgan fingerprint density at radius 1 is 1.04 bits per heavy atom. The van der Waals surface area contributed by atoms with Crippen LogP contribution < -0.4 is 10.7 Å². The van der Waals surface area contributed by atoms with Crippen LogP contribution in [-0.2, 0) is 13.1 Å². The lowest BCUT2D eigenvalue weighted by Gasteiger charge is -2.12. The number of hydrogen-bond acceptors (Lipinski definition) is 4. The minimum atomic E-state index is -0.479. The summed E-state index contributed by atoms with van der Waals surface area (Å²) in [6.45, 7) is 2.95. The van der Waals surface area contributed by atoms with Crippen LogP contribution in [0.5, 0.6) is 0 Å². The molecular weight excluding hydrogens is 352 g/mol. The van der Waals surface area contributed by atoms with Crippen LogP contribution in [0, 0.1) is 6.92 Å². The van der Waals surface area contributed by atoms with Crippen molar-refractivity contribution in [2.75, 3.05) is 14.1 Å². The third-order valence-corrected chi connectivity index (χ3v) is 4.27. The van der Waals surface area contributed by atoms with Crippen molar-refractivity contribution >= 4 is 5.91 Å². The van der Waals surface area contributed by atoms with Crippen molar-refractivity contribution < 1.29 is 4.79 Å². The monoisotopic (exact) mass is 376 g/mol. The normalized spacial score (nSPS) is 10.9. The van der Waals surface area contributed by atoms with E-state index in [9.17, 15) is 9.59 Å². The molecule has 0 aliphatic heterocycles. The lowest BCUT2D eigenvalue weighted by atomic mass is 10.1. The van der Waals surface area contributed by atoms with Crippen molar-refractivity contribution in [3.63, 3.8) is 0 Å². The molecule has 6 nitrogen and oxygen atoms in total. The summed E-state index contributed by atoms with van der Waals surface area (Å²) in [5, 5.41) is 7.10. The first kappa shape index (κ1) is 19.5. The van der Waals surface area contributed by atoms with Gasteiger partial charge in [-0.25, -0.2) is 4.68 Å². The molecule has 2 aromatic carbocycles. The van der Waals surface area contributed by atoms with E-state index < -0.39 is 5.91 Å². The van der Waals surface area contributed by atoms with Crippen LogP contribution in [0.2, 0.25) is 0 Å². The number of aromatic nitrogens is 2. The number of hydrogen-bond donors (Lipinski definition) is 1. The molecule has 0 atom stereocenters. The predicted molar refractivity (Wildman–Crippen MR) is 110 cm³/mol. The average molecular weight is 376 g/mol. The molecule has 0 aliphatic rings. The molecule has 0 bridgehead atoms. The zero-order valence-corrected chi connectivity index (χ0v) is 16.3. The van der Waals surface area contributed by atoms with Gasteiger partial charge in [-0.3, -0.25) is 9.59 Å². The average Bonchev–Trinajstić information content (AvgIpc) is 2.67. The molecule has 3 aromatic rings. The summed E-state index contributed by atoms with van der Waals surface area (Å²) in [5.74, 6) is -0.479. The Morgan fingerprint density at radius 2 is 1.75 bits per heavy atom. The number of carbonyl (C=O) groups is 1. The second-order valence-electron chi connectivity index (χ2n) is 6.99. The maximum atomic E-state index is 12.6. The number of aryl methyl sites for hydroxylation is 1. The fourth-order valence-corrected chi connectivity index (χ4v) is 3.00. The van der Waals surface area contributed by atoms with Crippen LogP contribution >= 0.6 is 0 Å². The van der Waals surface area contributed by atoms with Gasteiger partial charge in [0.15, 0.2) is 5.69 Å². The summed E-state index contributed by atoms with van der Waals surface area (Å²) in [7, 11) is 4.02. The standard InChI is InChI=1S/C22H24N4O2/c1-16-12-20(27)21(24-26(16)19-10-5-4-6-11-19)22(28)23-14-17-8-7-9-18(13-17)15-25(2)3/h4-13H,14-15H2,1-3H3,(H,23,28). The molecule has 0 spiro atoms. The van der Waals surface area contributed by atoms with Crippen LogP contribution in [0.3, 0.4) is 0 Å². The molecule has 1 amide bonds. The van der Waals surface area contributed by atoms with Gasteiger partial charge in [0.1, 0.15) is 0 Å². The Bertz CT molecular complexity index is 1030. The molecule has 1 aromatic heterocycles. The van der Waals surface area contributed by atoms with Crippen molar-refractivity contribution in [2.24, 2.45) is 0 Å². The topological polar surface area (TPSA) is 67.2 Å². The Kier molecular flexibility index (Phi) is 6.01. The molecule has 0 saturated carbocycles. The summed E-state index contributed by atoms with van der Waals surface area (Å²) in [5.41, 5.74) is 3.11. The van der Waals surface area contributed by atoms with Gasteiger partial charge in [-0.05, 0) is 44.3 Å². The van der Waals surface area contributed by atoms with Crippen molar-refractivity contribution in [3.05, 3.63) is 93.4 Å². The first-order valence-corrected chi connectivity index (χ1v) is 9.11. The zero-order chi connectivity index (χ0) is 20.1. The summed E-state index contributed by atoms with van der Waals surface area (Å²) in [6, 6.07) is 18.9.